The normalized spacial score (nSPS) is 10.8. The molecule has 3 aromatic heterocycles. The highest BCUT2D eigenvalue weighted by molar-refractivity contribution is 6.00. The summed E-state index contributed by atoms with van der Waals surface area (Å²) in [5.74, 6) is -0.00823. The fraction of sp³-hybridized carbons (Fsp3) is 0.0714. The molecule has 3 aromatic rings. The second-order valence-corrected chi connectivity index (χ2v) is 4.27. The smallest absolute Gasteiger partial charge is 0.181 e. The molecule has 0 aliphatic rings. The van der Waals surface area contributed by atoms with Crippen LogP contribution >= 0.6 is 0 Å². The molecule has 0 unspecified atom stereocenters. The number of carbonyl (C=O) groups is 1. The van der Waals surface area contributed by atoms with Gasteiger partial charge in [0, 0.05) is 24.5 Å². The van der Waals surface area contributed by atoms with Crippen molar-refractivity contribution in [2.45, 2.75) is 6.92 Å². The Morgan fingerprint density at radius 2 is 1.89 bits per heavy atom. The van der Waals surface area contributed by atoms with E-state index < -0.39 is 0 Å². The molecule has 19 heavy (non-hydrogen) atoms. The number of ketones is 1. The maximum atomic E-state index is 11.4. The van der Waals surface area contributed by atoms with Crippen molar-refractivity contribution < 1.29 is 4.79 Å². The van der Waals surface area contributed by atoms with Crippen molar-refractivity contribution >= 4 is 11.3 Å². The van der Waals surface area contributed by atoms with E-state index in [4.69, 9.17) is 0 Å². The van der Waals surface area contributed by atoms with E-state index in [1.54, 1.807) is 23.1 Å². The van der Waals surface area contributed by atoms with Crippen LogP contribution < -0.4 is 5.43 Å². The summed E-state index contributed by atoms with van der Waals surface area (Å²) in [4.78, 5) is 22.5. The van der Waals surface area contributed by atoms with E-state index >= 15 is 0 Å². The number of Topliss-reactive ketones (excluding diaryl/α,β-unsaturated/α-hetero) is 1. The van der Waals surface area contributed by atoms with E-state index in [-0.39, 0.29) is 11.2 Å². The lowest BCUT2D eigenvalue weighted by Crippen LogP contribution is -2.03. The zero-order valence-electron chi connectivity index (χ0n) is 10.3. The van der Waals surface area contributed by atoms with Gasteiger partial charge in [0.1, 0.15) is 0 Å². The summed E-state index contributed by atoms with van der Waals surface area (Å²) < 4.78 is 3.47. The Bertz CT molecular complexity index is 810. The molecule has 0 atom stereocenters. The number of nitrogens with zero attached hydrogens (tertiary/aromatic N) is 3. The molecule has 0 saturated carbocycles. The molecule has 5 heteroatoms. The third kappa shape index (κ3) is 1.95. The summed E-state index contributed by atoms with van der Waals surface area (Å²) in [6.07, 6.45) is 6.76. The van der Waals surface area contributed by atoms with Crippen molar-refractivity contribution in [3.8, 4) is 5.69 Å². The second-order valence-electron chi connectivity index (χ2n) is 4.27. The predicted octanol–water partition coefficient (Wildman–Crippen LogP) is 1.69. The lowest BCUT2D eigenvalue weighted by molar-refractivity contribution is 0.101. The third-order valence-electron chi connectivity index (χ3n) is 2.98. The average molecular weight is 253 g/mol. The quantitative estimate of drug-likeness (QED) is 0.653. The van der Waals surface area contributed by atoms with Gasteiger partial charge in [-0.3, -0.25) is 9.59 Å². The van der Waals surface area contributed by atoms with Crippen LogP contribution in [-0.4, -0.2) is 20.0 Å². The van der Waals surface area contributed by atoms with Crippen molar-refractivity contribution in [3.05, 3.63) is 64.8 Å². The van der Waals surface area contributed by atoms with Crippen molar-refractivity contribution in [1.82, 2.24) is 14.2 Å². The summed E-state index contributed by atoms with van der Waals surface area (Å²) in [6, 6.07) is 6.72. The van der Waals surface area contributed by atoms with E-state index in [1.807, 2.05) is 22.9 Å². The summed E-state index contributed by atoms with van der Waals surface area (Å²) in [6.45, 7) is 1.52. The van der Waals surface area contributed by atoms with Crippen molar-refractivity contribution in [3.63, 3.8) is 0 Å². The van der Waals surface area contributed by atoms with Gasteiger partial charge in [0.2, 0.25) is 0 Å². The van der Waals surface area contributed by atoms with Gasteiger partial charge in [0.15, 0.2) is 11.2 Å². The first kappa shape index (κ1) is 11.4. The highest BCUT2D eigenvalue weighted by Crippen LogP contribution is 2.14. The van der Waals surface area contributed by atoms with Crippen LogP contribution in [0.1, 0.15) is 17.3 Å². The Hall–Kier alpha value is -2.69. The highest BCUT2D eigenvalue weighted by atomic mass is 16.1. The van der Waals surface area contributed by atoms with Gasteiger partial charge in [-0.2, -0.15) is 5.10 Å². The first-order chi connectivity index (χ1) is 9.15. The summed E-state index contributed by atoms with van der Waals surface area (Å²) >= 11 is 0. The van der Waals surface area contributed by atoms with Crippen molar-refractivity contribution in [2.75, 3.05) is 0 Å². The monoisotopic (exact) mass is 253 g/mol. The van der Waals surface area contributed by atoms with Crippen LogP contribution in [0.15, 0.2) is 53.8 Å². The molecule has 3 rings (SSSR count). The number of pyridine rings is 2. The predicted molar refractivity (Wildman–Crippen MR) is 70.8 cm³/mol. The Morgan fingerprint density at radius 1 is 1.16 bits per heavy atom. The molecular formula is C14H11N3O2. The minimum absolute atomic E-state index is 0.00823. The third-order valence-corrected chi connectivity index (χ3v) is 2.98. The minimum atomic E-state index is -0.0321. The Morgan fingerprint density at radius 3 is 2.58 bits per heavy atom. The van der Waals surface area contributed by atoms with Gasteiger partial charge < -0.3 is 4.57 Å². The SMILES string of the molecule is CC(=O)c1cnn2cc(-n3ccc(=O)cc3)ccc12. The van der Waals surface area contributed by atoms with Crippen LogP contribution in [0.3, 0.4) is 0 Å². The van der Waals surface area contributed by atoms with Crippen LogP contribution in [-0.2, 0) is 0 Å². The van der Waals surface area contributed by atoms with Gasteiger partial charge in [-0.25, -0.2) is 4.52 Å². The molecule has 5 nitrogen and oxygen atoms in total. The maximum Gasteiger partial charge on any atom is 0.181 e. The van der Waals surface area contributed by atoms with Gasteiger partial charge in [-0.1, -0.05) is 0 Å². The molecule has 0 bridgehead atoms. The van der Waals surface area contributed by atoms with Gasteiger partial charge >= 0.3 is 0 Å². The molecule has 3 heterocycles. The fourth-order valence-corrected chi connectivity index (χ4v) is 1.98. The lowest BCUT2D eigenvalue weighted by atomic mass is 10.2. The van der Waals surface area contributed by atoms with E-state index in [0.29, 0.717) is 5.56 Å². The first-order valence-electron chi connectivity index (χ1n) is 5.82. The molecule has 0 N–H and O–H groups in total. The molecular weight excluding hydrogens is 242 g/mol. The van der Waals surface area contributed by atoms with E-state index in [2.05, 4.69) is 5.10 Å². The number of carbonyl (C=O) groups excluding carboxylic acids is 1. The fourth-order valence-electron chi connectivity index (χ4n) is 1.98. The Balaban J connectivity index is 2.14. The average Bonchev–Trinajstić information content (AvgIpc) is 2.82. The number of fused-ring (bicyclic) bond motifs is 1. The van der Waals surface area contributed by atoms with Crippen LogP contribution in [0.25, 0.3) is 11.2 Å². The Labute approximate surface area is 108 Å². The zero-order chi connectivity index (χ0) is 13.4. The topological polar surface area (TPSA) is 56.4 Å². The molecule has 0 fully saturated rings. The second kappa shape index (κ2) is 4.20. The Kier molecular flexibility index (Phi) is 2.52. The van der Waals surface area contributed by atoms with Crippen LogP contribution in [0.5, 0.6) is 0 Å². The highest BCUT2D eigenvalue weighted by Gasteiger charge is 2.08. The standard InChI is InChI=1S/C14H11N3O2/c1-10(18)13-8-15-17-9-11(2-3-14(13)17)16-6-4-12(19)5-7-16/h2-9H,1H3. The van der Waals surface area contributed by atoms with Crippen LogP contribution in [0.2, 0.25) is 0 Å². The van der Waals surface area contributed by atoms with Gasteiger partial charge in [-0.15, -0.1) is 0 Å². The van der Waals surface area contributed by atoms with Gasteiger partial charge in [0.05, 0.1) is 29.2 Å². The number of rotatable bonds is 2. The number of hydrogen-bond donors (Lipinski definition) is 0. The van der Waals surface area contributed by atoms with Crippen molar-refractivity contribution in [1.29, 1.82) is 0 Å². The largest absolute Gasteiger partial charge is 0.322 e. The molecule has 0 aromatic carbocycles. The van der Waals surface area contributed by atoms with E-state index in [9.17, 15) is 9.59 Å². The lowest BCUT2D eigenvalue weighted by Gasteiger charge is -2.06. The van der Waals surface area contributed by atoms with Crippen LogP contribution in [0, 0.1) is 0 Å². The summed E-state index contributed by atoms with van der Waals surface area (Å²) in [5, 5.41) is 4.16. The first-order valence-corrected chi connectivity index (χ1v) is 5.82. The number of aromatic nitrogens is 3. The maximum absolute atomic E-state index is 11.4. The molecule has 0 aliphatic heterocycles. The minimum Gasteiger partial charge on any atom is -0.322 e. The van der Waals surface area contributed by atoms with Gasteiger partial charge in [-0.05, 0) is 19.1 Å². The summed E-state index contributed by atoms with van der Waals surface area (Å²) in [5.41, 5.74) is 2.21. The molecule has 0 amide bonds. The van der Waals surface area contributed by atoms with E-state index in [1.165, 1.54) is 19.1 Å². The number of hydrogen-bond acceptors (Lipinski definition) is 3. The molecule has 94 valence electrons. The molecule has 0 aliphatic carbocycles. The van der Waals surface area contributed by atoms with Gasteiger partial charge in [0.25, 0.3) is 0 Å². The molecule has 0 saturated heterocycles. The molecule has 0 spiro atoms. The van der Waals surface area contributed by atoms with E-state index in [0.717, 1.165) is 11.2 Å². The van der Waals surface area contributed by atoms with Crippen molar-refractivity contribution in [2.24, 2.45) is 0 Å². The zero-order valence-corrected chi connectivity index (χ0v) is 10.3. The van der Waals surface area contributed by atoms with Crippen LogP contribution in [0.4, 0.5) is 0 Å². The molecule has 0 radical (unpaired) electrons. The summed E-state index contributed by atoms with van der Waals surface area (Å²) in [7, 11) is 0.